The predicted molar refractivity (Wildman–Crippen MR) is 99.9 cm³/mol. The topological polar surface area (TPSA) is 68.5 Å². The van der Waals surface area contributed by atoms with Crippen LogP contribution in [0.4, 0.5) is 4.39 Å². The molecule has 0 N–H and O–H groups in total. The summed E-state index contributed by atoms with van der Waals surface area (Å²) < 4.78 is 23.6. The number of rotatable bonds is 7. The van der Waals surface area contributed by atoms with Gasteiger partial charge < -0.3 is 14.1 Å². The van der Waals surface area contributed by atoms with Crippen molar-refractivity contribution in [1.82, 2.24) is 15.1 Å². The fraction of sp³-hybridized carbons (Fsp3) is 0.211. The zero-order valence-electron chi connectivity index (χ0n) is 14.9. The van der Waals surface area contributed by atoms with Gasteiger partial charge in [-0.15, -0.1) is 10.2 Å². The smallest absolute Gasteiger partial charge is 0.277 e. The maximum absolute atomic E-state index is 12.9. The number of benzene rings is 2. The van der Waals surface area contributed by atoms with E-state index in [1.165, 1.54) is 23.9 Å². The van der Waals surface area contributed by atoms with Crippen molar-refractivity contribution in [3.05, 3.63) is 59.9 Å². The minimum atomic E-state index is -0.299. The van der Waals surface area contributed by atoms with Gasteiger partial charge in [-0.05, 0) is 42.0 Å². The van der Waals surface area contributed by atoms with Crippen LogP contribution in [0.15, 0.2) is 58.2 Å². The molecule has 0 atom stereocenters. The molecule has 3 aromatic rings. The van der Waals surface area contributed by atoms with Crippen molar-refractivity contribution in [2.24, 2.45) is 0 Å². The van der Waals surface area contributed by atoms with E-state index in [1.807, 2.05) is 12.1 Å². The van der Waals surface area contributed by atoms with E-state index >= 15 is 0 Å². The van der Waals surface area contributed by atoms with Crippen LogP contribution in [0.1, 0.15) is 5.56 Å². The average molecular weight is 387 g/mol. The number of hydrogen-bond acceptors (Lipinski definition) is 6. The zero-order chi connectivity index (χ0) is 19.2. The maximum Gasteiger partial charge on any atom is 0.277 e. The summed E-state index contributed by atoms with van der Waals surface area (Å²) in [7, 11) is 3.30. The van der Waals surface area contributed by atoms with E-state index in [0.717, 1.165) is 16.9 Å². The normalized spacial score (nSPS) is 10.6. The van der Waals surface area contributed by atoms with Crippen molar-refractivity contribution in [3.63, 3.8) is 0 Å². The Kier molecular flexibility index (Phi) is 6.08. The van der Waals surface area contributed by atoms with Crippen LogP contribution >= 0.6 is 11.8 Å². The third kappa shape index (κ3) is 5.07. The van der Waals surface area contributed by atoms with Crippen LogP contribution in [0.25, 0.3) is 11.5 Å². The first-order valence-corrected chi connectivity index (χ1v) is 9.13. The molecule has 0 saturated carbocycles. The third-order valence-corrected chi connectivity index (χ3v) is 4.62. The van der Waals surface area contributed by atoms with Gasteiger partial charge in [0.2, 0.25) is 11.8 Å². The predicted octanol–water partition coefficient (Wildman–Crippen LogP) is 3.64. The second-order valence-electron chi connectivity index (χ2n) is 5.77. The van der Waals surface area contributed by atoms with E-state index < -0.39 is 0 Å². The van der Waals surface area contributed by atoms with Crippen molar-refractivity contribution in [3.8, 4) is 17.2 Å². The van der Waals surface area contributed by atoms with Crippen LogP contribution < -0.4 is 4.74 Å². The van der Waals surface area contributed by atoms with E-state index in [-0.39, 0.29) is 17.5 Å². The van der Waals surface area contributed by atoms with Crippen LogP contribution in [0.3, 0.4) is 0 Å². The molecule has 0 aliphatic rings. The summed E-state index contributed by atoms with van der Waals surface area (Å²) in [5.74, 6) is 0.901. The Morgan fingerprint density at radius 1 is 1.15 bits per heavy atom. The highest BCUT2D eigenvalue weighted by Gasteiger charge is 2.14. The lowest BCUT2D eigenvalue weighted by molar-refractivity contribution is -0.127. The van der Waals surface area contributed by atoms with Gasteiger partial charge >= 0.3 is 0 Å². The molecule has 3 rings (SSSR count). The number of methoxy groups -OCH3 is 1. The quantitative estimate of drug-likeness (QED) is 0.577. The number of ether oxygens (including phenoxy) is 1. The molecule has 6 nitrogen and oxygen atoms in total. The molecule has 0 saturated heterocycles. The summed E-state index contributed by atoms with van der Waals surface area (Å²) in [6.07, 6.45) is 0. The van der Waals surface area contributed by atoms with E-state index in [2.05, 4.69) is 10.2 Å². The lowest BCUT2D eigenvalue weighted by Gasteiger charge is -2.16. The zero-order valence-corrected chi connectivity index (χ0v) is 15.7. The lowest BCUT2D eigenvalue weighted by Crippen LogP contribution is -2.27. The van der Waals surface area contributed by atoms with Crippen molar-refractivity contribution in [1.29, 1.82) is 0 Å². The van der Waals surface area contributed by atoms with E-state index in [0.29, 0.717) is 17.7 Å². The maximum atomic E-state index is 12.9. The van der Waals surface area contributed by atoms with Crippen LogP contribution in [0.2, 0.25) is 0 Å². The molecule has 0 aliphatic carbocycles. The first-order chi connectivity index (χ1) is 13.0. The minimum absolute atomic E-state index is 0.0893. The highest BCUT2D eigenvalue weighted by molar-refractivity contribution is 7.99. The van der Waals surface area contributed by atoms with Crippen LogP contribution in [0.5, 0.6) is 5.75 Å². The lowest BCUT2D eigenvalue weighted by atomic mass is 10.2. The van der Waals surface area contributed by atoms with Crippen LogP contribution in [-0.4, -0.2) is 40.9 Å². The van der Waals surface area contributed by atoms with Crippen LogP contribution in [0, 0.1) is 5.82 Å². The molecule has 140 valence electrons. The molecule has 2 aromatic carbocycles. The van der Waals surface area contributed by atoms with Gasteiger partial charge in [0.15, 0.2) is 0 Å². The Morgan fingerprint density at radius 3 is 2.52 bits per heavy atom. The number of carbonyl (C=O) groups is 1. The second-order valence-corrected chi connectivity index (χ2v) is 6.69. The van der Waals surface area contributed by atoms with E-state index in [9.17, 15) is 9.18 Å². The molecule has 1 aromatic heterocycles. The first kappa shape index (κ1) is 18.9. The SMILES string of the molecule is COc1ccc(-c2nnc(SCC(=O)N(C)Cc3ccc(F)cc3)o2)cc1. The summed E-state index contributed by atoms with van der Waals surface area (Å²) in [5.41, 5.74) is 1.63. The Labute approximate surface area is 160 Å². The molecular weight excluding hydrogens is 369 g/mol. The molecule has 1 amide bonds. The summed E-state index contributed by atoms with van der Waals surface area (Å²) in [6, 6.07) is 13.3. The van der Waals surface area contributed by atoms with Crippen molar-refractivity contribution < 1.29 is 18.3 Å². The molecule has 8 heteroatoms. The molecule has 0 unspecified atom stereocenters. The molecule has 0 spiro atoms. The van der Waals surface area contributed by atoms with Crippen LogP contribution in [-0.2, 0) is 11.3 Å². The van der Waals surface area contributed by atoms with E-state index in [4.69, 9.17) is 9.15 Å². The number of halogens is 1. The van der Waals surface area contributed by atoms with Gasteiger partial charge in [0.25, 0.3) is 5.22 Å². The van der Waals surface area contributed by atoms with Gasteiger partial charge in [-0.3, -0.25) is 4.79 Å². The average Bonchev–Trinajstić information content (AvgIpc) is 3.17. The number of aromatic nitrogens is 2. The largest absolute Gasteiger partial charge is 0.497 e. The molecule has 0 aliphatic heterocycles. The molecule has 0 radical (unpaired) electrons. The van der Waals surface area contributed by atoms with Crippen molar-refractivity contribution in [2.45, 2.75) is 11.8 Å². The van der Waals surface area contributed by atoms with Crippen molar-refractivity contribution >= 4 is 17.7 Å². The number of carbonyl (C=O) groups excluding carboxylic acids is 1. The summed E-state index contributed by atoms with van der Waals surface area (Å²) in [5, 5.41) is 8.29. The highest BCUT2D eigenvalue weighted by atomic mass is 32.2. The van der Waals surface area contributed by atoms with Crippen molar-refractivity contribution in [2.75, 3.05) is 19.9 Å². The standard InChI is InChI=1S/C19H18FN3O3S/c1-23(11-13-3-7-15(20)8-4-13)17(24)12-27-19-22-21-18(26-19)14-5-9-16(25-2)10-6-14/h3-10H,11-12H2,1-2H3. The number of amides is 1. The summed E-state index contributed by atoms with van der Waals surface area (Å²) in [6.45, 7) is 0.403. The Balaban J connectivity index is 1.54. The van der Waals surface area contributed by atoms with Gasteiger partial charge in [-0.1, -0.05) is 23.9 Å². The fourth-order valence-electron chi connectivity index (χ4n) is 2.30. The summed E-state index contributed by atoms with van der Waals surface area (Å²) >= 11 is 1.18. The number of hydrogen-bond donors (Lipinski definition) is 0. The number of nitrogens with zero attached hydrogens (tertiary/aromatic N) is 3. The Bertz CT molecular complexity index is 897. The number of thioether (sulfide) groups is 1. The van der Waals surface area contributed by atoms with Gasteiger partial charge in [0.1, 0.15) is 11.6 Å². The molecule has 0 bridgehead atoms. The molecule has 27 heavy (non-hydrogen) atoms. The minimum Gasteiger partial charge on any atom is -0.497 e. The second kappa shape index (κ2) is 8.68. The molecule has 1 heterocycles. The highest BCUT2D eigenvalue weighted by Crippen LogP contribution is 2.25. The Hall–Kier alpha value is -2.87. The van der Waals surface area contributed by atoms with Gasteiger partial charge in [-0.2, -0.15) is 0 Å². The van der Waals surface area contributed by atoms with E-state index in [1.54, 1.807) is 43.3 Å². The summed E-state index contributed by atoms with van der Waals surface area (Å²) in [4.78, 5) is 13.8. The van der Waals surface area contributed by atoms with Gasteiger partial charge in [0.05, 0.1) is 12.9 Å². The monoisotopic (exact) mass is 387 g/mol. The third-order valence-electron chi connectivity index (χ3n) is 3.82. The Morgan fingerprint density at radius 2 is 1.85 bits per heavy atom. The molecule has 0 fully saturated rings. The first-order valence-electron chi connectivity index (χ1n) is 8.14. The molecular formula is C19H18FN3O3S. The van der Waals surface area contributed by atoms with Gasteiger partial charge in [0, 0.05) is 19.2 Å². The van der Waals surface area contributed by atoms with Gasteiger partial charge in [-0.25, -0.2) is 4.39 Å². The fourth-order valence-corrected chi connectivity index (χ4v) is 3.01.